The van der Waals surface area contributed by atoms with Gasteiger partial charge in [0, 0.05) is 49.4 Å². The van der Waals surface area contributed by atoms with Gasteiger partial charge in [0.05, 0.1) is 16.5 Å². The summed E-state index contributed by atoms with van der Waals surface area (Å²) in [4.78, 5) is 2.40. The van der Waals surface area contributed by atoms with E-state index in [-0.39, 0.29) is 23.7 Å². The number of benzene rings is 18. The number of hydrogen-bond acceptors (Lipinski definition) is 2. The second-order valence-electron chi connectivity index (χ2n) is 31.9. The number of nitrogens with one attached hydrogen (secondary N) is 1. The molecule has 2 spiro atoms. The van der Waals surface area contributed by atoms with E-state index in [0.29, 0.717) is 0 Å². The van der Waals surface area contributed by atoms with Gasteiger partial charge in [-0.15, -0.1) is 0 Å². The fourth-order valence-corrected chi connectivity index (χ4v) is 20.0. The molecular weight excluding hydrogens is 1420 g/mol. The molecule has 18 aromatic rings. The predicted octanol–water partition coefficient (Wildman–Crippen LogP) is 30.5. The molecule has 3 heteroatoms. The second kappa shape index (κ2) is 29.4. The van der Waals surface area contributed by atoms with Gasteiger partial charge < -0.3 is 10.2 Å². The lowest BCUT2D eigenvalue weighted by Crippen LogP contribution is -2.40. The average Bonchev–Trinajstić information content (AvgIpc) is 1.47. The lowest BCUT2D eigenvalue weighted by atomic mass is 9.55. The van der Waals surface area contributed by atoms with Crippen LogP contribution in [-0.2, 0) is 21.7 Å². The Hall–Kier alpha value is -13.6. The van der Waals surface area contributed by atoms with E-state index in [2.05, 4.69) is 432 Å². The van der Waals surface area contributed by atoms with Crippen molar-refractivity contribution in [2.75, 3.05) is 10.2 Å². The highest BCUT2D eigenvalue weighted by atomic mass is 35.5. The molecule has 18 aromatic carbocycles. The van der Waals surface area contributed by atoms with Gasteiger partial charge in [-0.05, 0) is 217 Å². The fourth-order valence-electron chi connectivity index (χ4n) is 19.8. The highest BCUT2D eigenvalue weighted by Gasteiger charge is 2.55. The summed E-state index contributed by atoms with van der Waals surface area (Å²) in [5, 5.41) is 8.88. The Kier molecular flexibility index (Phi) is 18.4. The van der Waals surface area contributed by atoms with Gasteiger partial charge in [-0.1, -0.05) is 399 Å². The van der Waals surface area contributed by atoms with Crippen LogP contribution in [0.1, 0.15) is 102 Å². The number of fused-ring (bicyclic) bond motifs is 20. The molecule has 0 aromatic heterocycles. The van der Waals surface area contributed by atoms with Crippen molar-refractivity contribution in [3.8, 4) is 66.8 Å². The zero-order valence-corrected chi connectivity index (χ0v) is 65.5. The number of nitrogens with zero attached hydrogens (tertiary/aromatic N) is 1. The molecule has 0 aliphatic heterocycles. The summed E-state index contributed by atoms with van der Waals surface area (Å²) >= 11 is 6.63. The Morgan fingerprint density at radius 2 is 0.509 bits per heavy atom. The summed E-state index contributed by atoms with van der Waals surface area (Å²) < 4.78 is 0. The van der Waals surface area contributed by atoms with Gasteiger partial charge in [0.1, 0.15) is 0 Å². The summed E-state index contributed by atoms with van der Waals surface area (Å²) in [7, 11) is 0. The SMILES string of the molecule is C.CC1(C)c2ccccc2C2(c3ccccc3-c3ccc(-c4ccc(Cl)c5ccccc45)cc32)c2ccccc21.CC1(C)c2ccccc2C2(c3ccccc3-c3ccc(-c4ccc(N(c5ccccc5)c5ccc(-c6ccccc6)cc5)c5ccccc45)cc32)c2ccccc21.c1ccc(Nc2ccc(-c3ccccc3)cc2)cc1. The molecule has 22 rings (SSSR count). The highest BCUT2D eigenvalue weighted by Crippen LogP contribution is 2.65. The molecule has 0 saturated carbocycles. The third-order valence-corrected chi connectivity index (χ3v) is 25.4. The van der Waals surface area contributed by atoms with Crippen LogP contribution < -0.4 is 10.2 Å². The van der Waals surface area contributed by atoms with E-state index >= 15 is 0 Å². The maximum absolute atomic E-state index is 6.63. The quantitative estimate of drug-likeness (QED) is 0.155. The van der Waals surface area contributed by atoms with Crippen LogP contribution in [0, 0.1) is 0 Å². The van der Waals surface area contributed by atoms with E-state index < -0.39 is 5.41 Å². The van der Waals surface area contributed by atoms with Gasteiger partial charge in [-0.3, -0.25) is 0 Å². The van der Waals surface area contributed by atoms with Crippen LogP contribution in [0.4, 0.5) is 28.4 Å². The molecule has 556 valence electrons. The van der Waals surface area contributed by atoms with Crippen LogP contribution in [0.15, 0.2) is 425 Å². The molecule has 0 radical (unpaired) electrons. The van der Waals surface area contributed by atoms with Crippen LogP contribution in [0.2, 0.25) is 5.02 Å². The monoisotopic (exact) mass is 1510 g/mol. The maximum Gasteiger partial charge on any atom is 0.0719 e. The Morgan fingerprint density at radius 3 is 0.957 bits per heavy atom. The number of anilines is 5. The summed E-state index contributed by atoms with van der Waals surface area (Å²) in [5.74, 6) is 0. The molecule has 0 bridgehead atoms. The fraction of sp³-hybridized carbons (Fsp3) is 0.0796. The first-order chi connectivity index (χ1) is 56.5. The molecule has 2 nitrogen and oxygen atoms in total. The third kappa shape index (κ3) is 11.8. The molecule has 116 heavy (non-hydrogen) atoms. The molecule has 4 aliphatic rings. The van der Waals surface area contributed by atoms with Gasteiger partial charge in [0.25, 0.3) is 0 Å². The van der Waals surface area contributed by atoms with Gasteiger partial charge in [-0.2, -0.15) is 0 Å². The van der Waals surface area contributed by atoms with Crippen molar-refractivity contribution in [1.82, 2.24) is 0 Å². The minimum absolute atomic E-state index is 0. The number of halogens is 1. The lowest BCUT2D eigenvalue weighted by molar-refractivity contribution is 0.563. The van der Waals surface area contributed by atoms with E-state index in [1.807, 2.05) is 30.3 Å². The summed E-state index contributed by atoms with van der Waals surface area (Å²) in [5.41, 5.74) is 36.2. The van der Waals surface area contributed by atoms with Crippen LogP contribution in [0.3, 0.4) is 0 Å². The van der Waals surface area contributed by atoms with E-state index in [4.69, 9.17) is 11.6 Å². The van der Waals surface area contributed by atoms with Crippen molar-refractivity contribution in [2.45, 2.75) is 56.8 Å². The van der Waals surface area contributed by atoms with Crippen LogP contribution in [-0.4, -0.2) is 0 Å². The largest absolute Gasteiger partial charge is 0.356 e. The first-order valence-corrected chi connectivity index (χ1v) is 40.4. The Balaban J connectivity index is 0.000000131. The van der Waals surface area contributed by atoms with Gasteiger partial charge in [-0.25, -0.2) is 0 Å². The van der Waals surface area contributed by atoms with Gasteiger partial charge in [0.2, 0.25) is 0 Å². The van der Waals surface area contributed by atoms with Crippen LogP contribution >= 0.6 is 11.6 Å². The number of para-hydroxylation sites is 2. The molecular formula is C113H87ClN2. The summed E-state index contributed by atoms with van der Waals surface area (Å²) in [6.45, 7) is 9.52. The standard InChI is InChI=1S/C56H41N.C38H27Cl.C18H15N.CH4/c1-55(2)49-25-13-15-27-51(49)56(52-28-16-14-26-50(52)55)48-24-12-11-22-45(48)46-34-31-40(37-53(46)56)43-35-36-54(47-23-10-9-21-44(43)47)57(41-19-7-4-8-20-41)42-32-29-39(30-33-42)38-17-5-3-6-18-38;1-37(2)31-15-7-9-17-33(31)38(34-18-10-8-16-32(34)37)30-14-6-5-12-27(30)28-20-19-24(23-35(28)38)25-21-22-36(39)29-13-4-3-11-26(25)29;1-3-7-15(8-4-1)16-11-13-18(14-12-16)19-17-9-5-2-6-10-17;/h3-37H,1-2H3;3-23H,1-2H3;1-14,19H;1H4. The smallest absolute Gasteiger partial charge is 0.0719 e. The summed E-state index contributed by atoms with van der Waals surface area (Å²) in [6.07, 6.45) is 0. The minimum atomic E-state index is -0.434. The molecule has 0 saturated heterocycles. The molecule has 0 heterocycles. The van der Waals surface area contributed by atoms with Crippen molar-refractivity contribution >= 4 is 61.6 Å². The van der Waals surface area contributed by atoms with Crippen molar-refractivity contribution in [2.24, 2.45) is 0 Å². The average molecular weight is 1510 g/mol. The van der Waals surface area contributed by atoms with Crippen molar-refractivity contribution in [3.63, 3.8) is 0 Å². The summed E-state index contributed by atoms with van der Waals surface area (Å²) in [6, 6.07) is 155. The predicted molar refractivity (Wildman–Crippen MR) is 491 cm³/mol. The highest BCUT2D eigenvalue weighted by molar-refractivity contribution is 6.36. The Labute approximate surface area is 687 Å². The zero-order valence-electron chi connectivity index (χ0n) is 64.7. The second-order valence-corrected chi connectivity index (χ2v) is 32.3. The van der Waals surface area contributed by atoms with E-state index in [9.17, 15) is 0 Å². The third-order valence-electron chi connectivity index (χ3n) is 25.0. The zero-order chi connectivity index (χ0) is 77.4. The Bertz CT molecular complexity index is 6640. The van der Waals surface area contributed by atoms with Crippen LogP contribution in [0.25, 0.3) is 88.3 Å². The maximum atomic E-state index is 6.63. The normalized spacial score (nSPS) is 13.8. The molecule has 0 atom stereocenters. The Morgan fingerprint density at radius 1 is 0.216 bits per heavy atom. The van der Waals surface area contributed by atoms with Crippen molar-refractivity contribution in [3.05, 3.63) is 496 Å². The molecule has 4 aliphatic carbocycles. The van der Waals surface area contributed by atoms with E-state index in [0.717, 1.165) is 38.8 Å². The van der Waals surface area contributed by atoms with Gasteiger partial charge in [0.15, 0.2) is 0 Å². The molecule has 0 amide bonds. The number of hydrogen-bond donors (Lipinski definition) is 1. The first kappa shape index (κ1) is 72.6. The molecule has 0 unspecified atom stereocenters. The molecule has 0 fully saturated rings. The minimum Gasteiger partial charge on any atom is -0.356 e. The number of rotatable bonds is 9. The van der Waals surface area contributed by atoms with Crippen molar-refractivity contribution in [1.29, 1.82) is 0 Å². The first-order valence-electron chi connectivity index (χ1n) is 40.1. The molecule has 1 N–H and O–H groups in total. The topological polar surface area (TPSA) is 15.3 Å². The lowest BCUT2D eigenvalue weighted by Gasteiger charge is -2.46. The van der Waals surface area contributed by atoms with Crippen molar-refractivity contribution < 1.29 is 0 Å². The van der Waals surface area contributed by atoms with Gasteiger partial charge >= 0.3 is 0 Å². The van der Waals surface area contributed by atoms with E-state index in [1.54, 1.807) is 0 Å². The van der Waals surface area contributed by atoms with E-state index in [1.165, 1.54) is 150 Å². The van der Waals surface area contributed by atoms with Crippen LogP contribution in [0.5, 0.6) is 0 Å².